The van der Waals surface area contributed by atoms with Gasteiger partial charge in [-0.05, 0) is 68.1 Å². The lowest BCUT2D eigenvalue weighted by atomic mass is 10.0. The van der Waals surface area contributed by atoms with Gasteiger partial charge in [-0.25, -0.2) is 4.79 Å². The van der Waals surface area contributed by atoms with Gasteiger partial charge < -0.3 is 75.1 Å². The molecule has 0 saturated carbocycles. The van der Waals surface area contributed by atoms with Gasteiger partial charge in [-0.3, -0.25) is 47.9 Å². The van der Waals surface area contributed by atoms with E-state index in [-0.39, 0.29) is 49.2 Å². The van der Waals surface area contributed by atoms with E-state index in [1.165, 1.54) is 19.1 Å². The van der Waals surface area contributed by atoms with E-state index >= 15 is 0 Å². The molecule has 0 heterocycles. The number of carboxylic acids is 1. The Hall–Kier alpha value is -6.89. The highest BCUT2D eigenvalue weighted by Crippen LogP contribution is 2.13. The van der Waals surface area contributed by atoms with Crippen LogP contribution in [0.1, 0.15) is 86.1 Å². The van der Waals surface area contributed by atoms with E-state index in [1.807, 2.05) is 0 Å². The molecule has 25 nitrogen and oxygen atoms in total. The number of primary amides is 2. The van der Waals surface area contributed by atoms with Crippen molar-refractivity contribution in [2.45, 2.75) is 135 Å². The first-order chi connectivity index (χ1) is 31.6. The summed E-state index contributed by atoms with van der Waals surface area (Å²) in [6.45, 7) is 9.87. The van der Waals surface area contributed by atoms with Crippen LogP contribution in [0, 0.1) is 17.8 Å². The number of nitrogens with two attached hydrogens (primary N) is 3. The molecule has 0 aliphatic carbocycles. The lowest BCUT2D eigenvalue weighted by molar-refractivity contribution is -0.143. The molecular weight excluding hydrogens is 895 g/mol. The molecule has 10 amide bonds. The van der Waals surface area contributed by atoms with Crippen LogP contribution in [-0.4, -0.2) is 142 Å². The monoisotopic (exact) mass is 964 g/mol. The highest BCUT2D eigenvalue weighted by atomic mass is 16.4. The van der Waals surface area contributed by atoms with Crippen molar-refractivity contribution in [3.05, 3.63) is 29.8 Å². The number of nitrogens with one attached hydrogen (secondary N) is 8. The molecule has 0 aliphatic rings. The Bertz CT molecular complexity index is 1950. The van der Waals surface area contributed by atoms with Crippen molar-refractivity contribution in [2.24, 2.45) is 35.0 Å². The van der Waals surface area contributed by atoms with Crippen LogP contribution in [0.3, 0.4) is 0 Å². The number of benzene rings is 1. The Morgan fingerprint density at radius 1 is 0.515 bits per heavy atom. The summed E-state index contributed by atoms with van der Waals surface area (Å²) in [7, 11) is 0. The number of aliphatic hydroxyl groups is 1. The maximum Gasteiger partial charge on any atom is 0.326 e. The summed E-state index contributed by atoms with van der Waals surface area (Å²) in [6.07, 6.45) is -1.37. The van der Waals surface area contributed by atoms with Gasteiger partial charge in [0, 0.05) is 0 Å². The zero-order valence-corrected chi connectivity index (χ0v) is 39.4. The molecule has 25 heteroatoms. The number of carboxylic acid groups (broad SMARTS) is 1. The first kappa shape index (κ1) is 59.1. The Labute approximate surface area is 394 Å². The van der Waals surface area contributed by atoms with Gasteiger partial charge >= 0.3 is 5.97 Å². The van der Waals surface area contributed by atoms with E-state index in [2.05, 4.69) is 42.5 Å². The molecule has 0 aliphatic heterocycles. The Balaban J connectivity index is 2.99. The standard InChI is InChI=1S/C43H69N11O14/c1-20(2)12-27(50-37(61)26(44)15-24-8-10-25(56)11-9-24)40(64)54-32(19-55)38(62)47-18-35(59)48-23(7)36(60)49-29(16-33(45)57)41(65)51-28(13-21(3)4)39(63)52-30(17-34(46)58)42(66)53-31(43(67)68)14-22(5)6/h8-11,20-23,26-32,55-56H,12-19,44H2,1-7H3,(H2,45,57)(H2,46,58)(H,47,62)(H,48,59)(H,49,60)(H,50,61)(H,51,65)(H,52,63)(H,53,66)(H,54,64)(H,67,68). The lowest BCUT2D eigenvalue weighted by Gasteiger charge is -2.27. The fraction of sp³-hybridized carbons (Fsp3) is 0.605. The number of hydrogen-bond acceptors (Lipinski definition) is 14. The van der Waals surface area contributed by atoms with Crippen LogP contribution in [0.4, 0.5) is 0 Å². The van der Waals surface area contributed by atoms with Gasteiger partial charge in [-0.2, -0.15) is 0 Å². The highest BCUT2D eigenvalue weighted by molar-refractivity contribution is 5.99. The molecule has 8 atom stereocenters. The predicted molar refractivity (Wildman–Crippen MR) is 243 cm³/mol. The normalized spacial score (nSPS) is 14.6. The molecule has 0 fully saturated rings. The second-order valence-corrected chi connectivity index (χ2v) is 17.6. The number of phenolic OH excluding ortho intramolecular Hbond substituents is 1. The van der Waals surface area contributed by atoms with E-state index in [9.17, 15) is 68.1 Å². The fourth-order valence-electron chi connectivity index (χ4n) is 6.41. The Kier molecular flexibility index (Phi) is 25.2. The Morgan fingerprint density at radius 2 is 0.897 bits per heavy atom. The van der Waals surface area contributed by atoms with Crippen LogP contribution in [0.15, 0.2) is 24.3 Å². The summed E-state index contributed by atoms with van der Waals surface area (Å²) in [6, 6.07) is -5.43. The molecule has 1 aromatic carbocycles. The molecule has 0 bridgehead atoms. The zero-order valence-electron chi connectivity index (χ0n) is 39.4. The van der Waals surface area contributed by atoms with Crippen LogP contribution in [0.25, 0.3) is 0 Å². The van der Waals surface area contributed by atoms with Crippen LogP contribution >= 0.6 is 0 Å². The number of phenols is 1. The smallest absolute Gasteiger partial charge is 0.326 e. The van der Waals surface area contributed by atoms with Crippen LogP contribution in [0.5, 0.6) is 5.75 Å². The number of carbonyl (C=O) groups excluding carboxylic acids is 10. The van der Waals surface area contributed by atoms with Crippen molar-refractivity contribution < 1.29 is 68.1 Å². The van der Waals surface area contributed by atoms with Crippen LogP contribution in [0.2, 0.25) is 0 Å². The van der Waals surface area contributed by atoms with Gasteiger partial charge in [0.1, 0.15) is 48.0 Å². The van der Waals surface area contributed by atoms with Crippen molar-refractivity contribution in [1.82, 2.24) is 42.5 Å². The summed E-state index contributed by atoms with van der Waals surface area (Å²) in [5, 5.41) is 47.6. The summed E-state index contributed by atoms with van der Waals surface area (Å²) in [5.41, 5.74) is 17.3. The van der Waals surface area contributed by atoms with E-state index in [1.54, 1.807) is 53.7 Å². The van der Waals surface area contributed by atoms with Gasteiger partial charge in [0.15, 0.2) is 0 Å². The van der Waals surface area contributed by atoms with Gasteiger partial charge in [-0.1, -0.05) is 53.7 Å². The van der Waals surface area contributed by atoms with Crippen molar-refractivity contribution in [1.29, 1.82) is 0 Å². The van der Waals surface area contributed by atoms with Crippen molar-refractivity contribution in [2.75, 3.05) is 13.2 Å². The molecule has 17 N–H and O–H groups in total. The number of hydrogen-bond donors (Lipinski definition) is 14. The van der Waals surface area contributed by atoms with Crippen molar-refractivity contribution >= 4 is 65.0 Å². The van der Waals surface area contributed by atoms with Gasteiger partial charge in [0.05, 0.1) is 32.0 Å². The minimum absolute atomic E-state index is 0.0225. The SMILES string of the molecule is CC(C)CC(NC(=O)C(CC(N)=O)NC(=O)C(CC(C)C)NC(=O)C(CC(N)=O)NC(=O)C(C)NC(=O)CNC(=O)C(CO)NC(=O)C(CC(C)C)NC(=O)C(N)Cc1ccc(O)cc1)C(=O)O. The number of aliphatic hydroxyl groups excluding tert-OH is 1. The number of aromatic hydroxyl groups is 1. The molecule has 0 aromatic heterocycles. The molecule has 0 spiro atoms. The first-order valence-electron chi connectivity index (χ1n) is 22.0. The van der Waals surface area contributed by atoms with Crippen LogP contribution < -0.4 is 59.7 Å². The van der Waals surface area contributed by atoms with Gasteiger partial charge in [0.2, 0.25) is 59.1 Å². The Morgan fingerprint density at radius 3 is 1.32 bits per heavy atom. The second-order valence-electron chi connectivity index (χ2n) is 17.6. The van der Waals surface area contributed by atoms with Gasteiger partial charge in [-0.15, -0.1) is 0 Å². The second kappa shape index (κ2) is 29.0. The third kappa shape index (κ3) is 22.5. The quantitative estimate of drug-likeness (QED) is 0.0347. The summed E-state index contributed by atoms with van der Waals surface area (Å²) < 4.78 is 0. The lowest BCUT2D eigenvalue weighted by Crippen LogP contribution is -2.60. The minimum atomic E-state index is -1.72. The van der Waals surface area contributed by atoms with E-state index in [0.29, 0.717) is 5.56 Å². The zero-order chi connectivity index (χ0) is 52.0. The third-order valence-corrected chi connectivity index (χ3v) is 9.82. The maximum atomic E-state index is 13.5. The van der Waals surface area contributed by atoms with Crippen LogP contribution in [-0.2, 0) is 59.2 Å². The van der Waals surface area contributed by atoms with Gasteiger partial charge in [0.25, 0.3) is 0 Å². The molecule has 0 radical (unpaired) electrons. The minimum Gasteiger partial charge on any atom is -0.508 e. The first-order valence-corrected chi connectivity index (χ1v) is 22.0. The summed E-state index contributed by atoms with van der Waals surface area (Å²) in [5.74, 6) is -11.6. The molecular formula is C43H69N11O14. The van der Waals surface area contributed by atoms with Crippen molar-refractivity contribution in [3.63, 3.8) is 0 Å². The largest absolute Gasteiger partial charge is 0.508 e. The predicted octanol–water partition coefficient (Wildman–Crippen LogP) is -4.24. The van der Waals surface area contributed by atoms with E-state index in [0.717, 1.165) is 0 Å². The van der Waals surface area contributed by atoms with E-state index in [4.69, 9.17) is 17.2 Å². The molecule has 380 valence electrons. The summed E-state index contributed by atoms with van der Waals surface area (Å²) >= 11 is 0. The molecule has 1 aromatic rings. The average molecular weight is 964 g/mol. The van der Waals surface area contributed by atoms with Crippen molar-refractivity contribution in [3.8, 4) is 5.75 Å². The molecule has 8 unspecified atom stereocenters. The molecule has 68 heavy (non-hydrogen) atoms. The number of rotatable bonds is 30. The molecule has 1 rings (SSSR count). The number of amides is 10. The maximum absolute atomic E-state index is 13.5. The van der Waals surface area contributed by atoms with E-state index < -0.39 is 139 Å². The highest BCUT2D eigenvalue weighted by Gasteiger charge is 2.34. The molecule has 0 saturated heterocycles. The summed E-state index contributed by atoms with van der Waals surface area (Å²) in [4.78, 5) is 141. The number of carbonyl (C=O) groups is 11. The number of aliphatic carboxylic acids is 1. The third-order valence-electron chi connectivity index (χ3n) is 9.82. The fourth-order valence-corrected chi connectivity index (χ4v) is 6.41. The topological polar surface area (TPSA) is 423 Å². The average Bonchev–Trinajstić information content (AvgIpc) is 3.23.